The van der Waals surface area contributed by atoms with Crippen LogP contribution >= 0.6 is 15.9 Å². The summed E-state index contributed by atoms with van der Waals surface area (Å²) in [4.78, 5) is 25.3. The van der Waals surface area contributed by atoms with E-state index in [-0.39, 0.29) is 11.1 Å². The van der Waals surface area contributed by atoms with Gasteiger partial charge < -0.3 is 19.7 Å². The van der Waals surface area contributed by atoms with E-state index >= 15 is 0 Å². The van der Waals surface area contributed by atoms with Crippen molar-refractivity contribution in [3.8, 4) is 11.5 Å². The zero-order chi connectivity index (χ0) is 23.5. The Morgan fingerprint density at radius 3 is 1.94 bits per heavy atom. The summed E-state index contributed by atoms with van der Waals surface area (Å²) in [6.07, 6.45) is 0. The Kier molecular flexibility index (Phi) is 6.60. The van der Waals surface area contributed by atoms with Crippen LogP contribution in [0.1, 0.15) is 46.5 Å². The van der Waals surface area contributed by atoms with E-state index in [1.54, 1.807) is 13.8 Å². The van der Waals surface area contributed by atoms with E-state index in [1.807, 2.05) is 49.4 Å². The van der Waals surface area contributed by atoms with Gasteiger partial charge in [0.25, 0.3) is 11.1 Å². The summed E-state index contributed by atoms with van der Waals surface area (Å²) in [7, 11) is 0. The van der Waals surface area contributed by atoms with Gasteiger partial charge in [0.15, 0.2) is 11.5 Å². The quantitative estimate of drug-likeness (QED) is 0.282. The minimum Gasteiger partial charge on any atom is -0.490 e. The van der Waals surface area contributed by atoms with E-state index in [0.29, 0.717) is 47.2 Å². The summed E-state index contributed by atoms with van der Waals surface area (Å²) in [5.41, 5.74) is 3.51. The van der Waals surface area contributed by atoms with Gasteiger partial charge >= 0.3 is 0 Å². The number of rotatable bonds is 8. The van der Waals surface area contributed by atoms with Crippen LogP contribution in [-0.2, 0) is 6.61 Å². The highest BCUT2D eigenvalue weighted by Crippen LogP contribution is 2.37. The summed E-state index contributed by atoms with van der Waals surface area (Å²) in [6.45, 7) is 6.31. The second-order valence-corrected chi connectivity index (χ2v) is 8.64. The molecule has 0 fully saturated rings. The second-order valence-electron chi connectivity index (χ2n) is 7.72. The molecule has 2 aromatic heterocycles. The SMILES string of the molecule is CCOc1cc(C(c2c(C)[nH][nH]c2=O)c2c(C)[nH][nH]c2=O)ccc1OCc1ccc(Br)cc1. The first kappa shape index (κ1) is 22.7. The molecule has 0 aliphatic carbocycles. The van der Waals surface area contributed by atoms with Crippen molar-refractivity contribution in [2.24, 2.45) is 0 Å². The summed E-state index contributed by atoms with van der Waals surface area (Å²) < 4.78 is 12.9. The van der Waals surface area contributed by atoms with Crippen LogP contribution < -0.4 is 20.6 Å². The van der Waals surface area contributed by atoms with Crippen LogP contribution in [0.15, 0.2) is 56.5 Å². The van der Waals surface area contributed by atoms with Gasteiger partial charge in [-0.1, -0.05) is 34.1 Å². The highest BCUT2D eigenvalue weighted by molar-refractivity contribution is 9.10. The maximum atomic E-state index is 12.7. The first-order chi connectivity index (χ1) is 15.9. The maximum absolute atomic E-state index is 12.7. The molecule has 0 amide bonds. The fourth-order valence-electron chi connectivity index (χ4n) is 3.92. The average Bonchev–Trinajstić information content (AvgIpc) is 3.31. The predicted octanol–water partition coefficient (Wildman–Crippen LogP) is 4.26. The Balaban J connectivity index is 1.76. The molecule has 0 unspecified atom stereocenters. The minimum absolute atomic E-state index is 0.272. The van der Waals surface area contributed by atoms with E-state index in [0.717, 1.165) is 15.6 Å². The van der Waals surface area contributed by atoms with Gasteiger partial charge in [-0.3, -0.25) is 19.8 Å². The van der Waals surface area contributed by atoms with Crippen molar-refractivity contribution >= 4 is 15.9 Å². The van der Waals surface area contributed by atoms with Crippen LogP contribution in [0.5, 0.6) is 11.5 Å². The molecule has 9 heteroatoms. The van der Waals surface area contributed by atoms with Gasteiger partial charge in [-0.25, -0.2) is 0 Å². The van der Waals surface area contributed by atoms with Gasteiger partial charge in [0.2, 0.25) is 0 Å². The molecule has 0 atom stereocenters. The molecule has 8 nitrogen and oxygen atoms in total. The molecular weight excluding hydrogens is 488 g/mol. The predicted molar refractivity (Wildman–Crippen MR) is 129 cm³/mol. The normalized spacial score (nSPS) is 11.2. The minimum atomic E-state index is -0.588. The maximum Gasteiger partial charge on any atom is 0.268 e. The molecule has 4 N–H and O–H groups in total. The van der Waals surface area contributed by atoms with Crippen LogP contribution in [0, 0.1) is 13.8 Å². The molecular formula is C24H25BrN4O4. The number of hydrogen-bond acceptors (Lipinski definition) is 4. The van der Waals surface area contributed by atoms with Gasteiger partial charge in [0.1, 0.15) is 6.61 Å². The molecule has 4 aromatic rings. The fraction of sp³-hybridized carbons (Fsp3) is 0.250. The number of aromatic amines is 4. The van der Waals surface area contributed by atoms with Crippen molar-refractivity contribution in [1.82, 2.24) is 20.4 Å². The molecule has 0 radical (unpaired) electrons. The Labute approximate surface area is 198 Å². The lowest BCUT2D eigenvalue weighted by atomic mass is 9.85. The summed E-state index contributed by atoms with van der Waals surface area (Å²) >= 11 is 3.43. The largest absolute Gasteiger partial charge is 0.490 e. The van der Waals surface area contributed by atoms with Crippen LogP contribution in [0.4, 0.5) is 0 Å². The zero-order valence-corrected chi connectivity index (χ0v) is 20.1. The molecule has 33 heavy (non-hydrogen) atoms. The Hall–Kier alpha value is -3.46. The Morgan fingerprint density at radius 1 is 0.818 bits per heavy atom. The van der Waals surface area contributed by atoms with Crippen molar-refractivity contribution in [3.05, 3.63) is 101 Å². The number of benzene rings is 2. The third-order valence-electron chi connectivity index (χ3n) is 5.51. The third-order valence-corrected chi connectivity index (χ3v) is 6.04. The van der Waals surface area contributed by atoms with E-state index in [2.05, 4.69) is 36.3 Å². The smallest absolute Gasteiger partial charge is 0.268 e. The lowest BCUT2D eigenvalue weighted by Crippen LogP contribution is -2.20. The van der Waals surface area contributed by atoms with Gasteiger partial charge in [0.05, 0.1) is 17.7 Å². The van der Waals surface area contributed by atoms with Crippen LogP contribution in [-0.4, -0.2) is 27.0 Å². The lowest BCUT2D eigenvalue weighted by molar-refractivity contribution is 0.269. The van der Waals surface area contributed by atoms with Crippen LogP contribution in [0.25, 0.3) is 0 Å². The van der Waals surface area contributed by atoms with E-state index in [1.165, 1.54) is 0 Å². The highest BCUT2D eigenvalue weighted by Gasteiger charge is 2.29. The number of aryl methyl sites for hydroxylation is 2. The molecule has 0 aliphatic rings. The molecule has 0 saturated carbocycles. The second kappa shape index (κ2) is 9.58. The van der Waals surface area contributed by atoms with Crippen molar-refractivity contribution in [2.45, 2.75) is 33.3 Å². The van der Waals surface area contributed by atoms with Crippen LogP contribution in [0.2, 0.25) is 0 Å². The first-order valence-corrected chi connectivity index (χ1v) is 11.4. The number of nitrogens with one attached hydrogen (secondary N) is 4. The number of aromatic nitrogens is 4. The Bertz CT molecular complexity index is 1310. The van der Waals surface area contributed by atoms with Gasteiger partial charge in [-0.05, 0) is 56.2 Å². The number of hydrogen-bond donors (Lipinski definition) is 4. The van der Waals surface area contributed by atoms with Crippen molar-refractivity contribution in [1.29, 1.82) is 0 Å². The van der Waals surface area contributed by atoms with Gasteiger partial charge in [-0.15, -0.1) is 0 Å². The Morgan fingerprint density at radius 2 is 1.42 bits per heavy atom. The molecule has 2 heterocycles. The average molecular weight is 513 g/mol. The van der Waals surface area contributed by atoms with Crippen molar-refractivity contribution < 1.29 is 9.47 Å². The molecule has 0 aliphatic heterocycles. The number of halogens is 1. The zero-order valence-electron chi connectivity index (χ0n) is 18.5. The monoisotopic (exact) mass is 512 g/mol. The molecule has 172 valence electrons. The fourth-order valence-corrected chi connectivity index (χ4v) is 4.18. The highest BCUT2D eigenvalue weighted by atomic mass is 79.9. The van der Waals surface area contributed by atoms with Gasteiger partial charge in [0, 0.05) is 21.8 Å². The topological polar surface area (TPSA) is 116 Å². The molecule has 2 aromatic carbocycles. The molecule has 0 spiro atoms. The van der Waals surface area contributed by atoms with Crippen molar-refractivity contribution in [2.75, 3.05) is 6.61 Å². The lowest BCUT2D eigenvalue weighted by Gasteiger charge is -2.19. The third kappa shape index (κ3) is 4.68. The van der Waals surface area contributed by atoms with Crippen LogP contribution in [0.3, 0.4) is 0 Å². The summed E-state index contributed by atoms with van der Waals surface area (Å²) in [5, 5.41) is 11.0. The summed E-state index contributed by atoms with van der Waals surface area (Å²) in [5.74, 6) is 0.544. The summed E-state index contributed by atoms with van der Waals surface area (Å²) in [6, 6.07) is 13.4. The van der Waals surface area contributed by atoms with Gasteiger partial charge in [-0.2, -0.15) is 0 Å². The molecule has 0 bridgehead atoms. The van der Waals surface area contributed by atoms with E-state index in [9.17, 15) is 9.59 Å². The number of ether oxygens (including phenoxy) is 2. The standard InChI is InChI=1S/C24H25BrN4O4/c1-4-32-19-11-16(7-10-18(19)33-12-15-5-8-17(25)9-6-15)22(20-13(2)26-28-23(20)30)21-14(3)27-29-24(21)31/h5-11,22H,4,12H2,1-3H3,(H2,26,28,30)(H2,27,29,31). The van der Waals surface area contributed by atoms with Crippen molar-refractivity contribution in [3.63, 3.8) is 0 Å². The number of H-pyrrole nitrogens is 4. The molecule has 0 saturated heterocycles. The van der Waals surface area contributed by atoms with E-state index in [4.69, 9.17) is 9.47 Å². The molecule has 4 rings (SSSR count). The van der Waals surface area contributed by atoms with E-state index < -0.39 is 5.92 Å². The first-order valence-electron chi connectivity index (χ1n) is 10.6.